The number of aromatic nitrogens is 2. The Labute approximate surface area is 109 Å². The normalized spacial score (nSPS) is 15.2. The standard InChI is InChI=1S/C13H14BrN3/c1-8-2-5-10(6-11(8)14)17-13(15)7-12(16-17)9-3-4-9/h2,5-7,9H,3-4,15H2,1H3. The Morgan fingerprint density at radius 3 is 2.76 bits per heavy atom. The van der Waals surface area contributed by atoms with Crippen LogP contribution in [0.4, 0.5) is 5.82 Å². The van der Waals surface area contributed by atoms with Crippen molar-refractivity contribution in [3.05, 3.63) is 40.0 Å². The van der Waals surface area contributed by atoms with Crippen LogP contribution in [0.1, 0.15) is 30.0 Å². The molecule has 2 aromatic rings. The number of halogens is 1. The van der Waals surface area contributed by atoms with Crippen LogP contribution in [0.2, 0.25) is 0 Å². The van der Waals surface area contributed by atoms with E-state index < -0.39 is 0 Å². The molecule has 1 heterocycles. The topological polar surface area (TPSA) is 43.8 Å². The minimum atomic E-state index is 0.632. The van der Waals surface area contributed by atoms with Crippen molar-refractivity contribution in [2.24, 2.45) is 0 Å². The Bertz CT molecular complexity index is 570. The third-order valence-corrected chi connectivity index (χ3v) is 4.01. The van der Waals surface area contributed by atoms with Crippen LogP contribution < -0.4 is 5.73 Å². The molecule has 1 saturated carbocycles. The van der Waals surface area contributed by atoms with Crippen molar-refractivity contribution in [1.82, 2.24) is 9.78 Å². The Hall–Kier alpha value is -1.29. The van der Waals surface area contributed by atoms with Crippen molar-refractivity contribution >= 4 is 21.7 Å². The van der Waals surface area contributed by atoms with Gasteiger partial charge in [-0.15, -0.1) is 0 Å². The SMILES string of the molecule is Cc1ccc(-n2nc(C3CC3)cc2N)cc1Br. The quantitative estimate of drug-likeness (QED) is 0.922. The van der Waals surface area contributed by atoms with E-state index in [2.05, 4.69) is 40.1 Å². The fourth-order valence-electron chi connectivity index (χ4n) is 1.91. The Morgan fingerprint density at radius 2 is 2.12 bits per heavy atom. The van der Waals surface area contributed by atoms with Gasteiger partial charge in [0.1, 0.15) is 5.82 Å². The molecule has 17 heavy (non-hydrogen) atoms. The zero-order chi connectivity index (χ0) is 12.0. The van der Waals surface area contributed by atoms with Crippen LogP contribution in [-0.2, 0) is 0 Å². The van der Waals surface area contributed by atoms with Gasteiger partial charge in [-0.3, -0.25) is 0 Å². The predicted octanol–water partition coefficient (Wildman–Crippen LogP) is 3.40. The zero-order valence-corrected chi connectivity index (χ0v) is 11.2. The maximum Gasteiger partial charge on any atom is 0.127 e. The molecule has 0 saturated heterocycles. The number of anilines is 1. The lowest BCUT2D eigenvalue weighted by atomic mass is 10.2. The number of aryl methyl sites for hydroxylation is 1. The summed E-state index contributed by atoms with van der Waals surface area (Å²) in [4.78, 5) is 0. The summed E-state index contributed by atoms with van der Waals surface area (Å²) < 4.78 is 2.90. The number of hydrogen-bond donors (Lipinski definition) is 1. The van der Waals surface area contributed by atoms with E-state index >= 15 is 0 Å². The maximum absolute atomic E-state index is 6.01. The van der Waals surface area contributed by atoms with Crippen molar-refractivity contribution < 1.29 is 0 Å². The maximum atomic E-state index is 6.01. The molecule has 4 heteroatoms. The Morgan fingerprint density at radius 1 is 1.35 bits per heavy atom. The molecule has 1 fully saturated rings. The number of benzene rings is 1. The summed E-state index contributed by atoms with van der Waals surface area (Å²) in [5.41, 5.74) is 9.35. The monoisotopic (exact) mass is 291 g/mol. The van der Waals surface area contributed by atoms with Crippen molar-refractivity contribution in [1.29, 1.82) is 0 Å². The lowest BCUT2D eigenvalue weighted by Crippen LogP contribution is -2.02. The van der Waals surface area contributed by atoms with Crippen LogP contribution in [-0.4, -0.2) is 9.78 Å². The van der Waals surface area contributed by atoms with Crippen molar-refractivity contribution in [3.8, 4) is 5.69 Å². The van der Waals surface area contributed by atoms with E-state index in [9.17, 15) is 0 Å². The highest BCUT2D eigenvalue weighted by molar-refractivity contribution is 9.10. The largest absolute Gasteiger partial charge is 0.384 e. The first-order chi connectivity index (χ1) is 8.15. The van der Waals surface area contributed by atoms with Gasteiger partial charge in [-0.1, -0.05) is 22.0 Å². The van der Waals surface area contributed by atoms with E-state index in [1.54, 1.807) is 0 Å². The Kier molecular flexibility index (Phi) is 2.47. The van der Waals surface area contributed by atoms with Crippen molar-refractivity contribution in [2.75, 3.05) is 5.73 Å². The molecule has 0 unspecified atom stereocenters. The van der Waals surface area contributed by atoms with Gasteiger partial charge in [0.15, 0.2) is 0 Å². The summed E-state index contributed by atoms with van der Waals surface area (Å²) >= 11 is 3.53. The van der Waals surface area contributed by atoms with E-state index in [1.807, 2.05) is 16.8 Å². The number of nitrogens with two attached hydrogens (primary N) is 1. The number of rotatable bonds is 2. The molecule has 3 rings (SSSR count). The third-order valence-electron chi connectivity index (χ3n) is 3.15. The van der Waals surface area contributed by atoms with Crippen LogP contribution in [0, 0.1) is 6.92 Å². The van der Waals surface area contributed by atoms with Gasteiger partial charge in [-0.05, 0) is 37.5 Å². The molecule has 0 radical (unpaired) electrons. The molecule has 2 N–H and O–H groups in total. The van der Waals surface area contributed by atoms with Crippen LogP contribution in [0.25, 0.3) is 5.69 Å². The summed E-state index contributed by atoms with van der Waals surface area (Å²) in [6.45, 7) is 2.07. The fourth-order valence-corrected chi connectivity index (χ4v) is 2.28. The van der Waals surface area contributed by atoms with E-state index in [1.165, 1.54) is 18.4 Å². The first-order valence-electron chi connectivity index (χ1n) is 5.77. The molecule has 1 aromatic heterocycles. The molecule has 3 nitrogen and oxygen atoms in total. The highest BCUT2D eigenvalue weighted by Gasteiger charge is 2.27. The van der Waals surface area contributed by atoms with Gasteiger partial charge in [-0.25, -0.2) is 4.68 Å². The first kappa shape index (κ1) is 10.8. The summed E-state index contributed by atoms with van der Waals surface area (Å²) in [7, 11) is 0. The van der Waals surface area contributed by atoms with E-state index in [0.29, 0.717) is 11.7 Å². The minimum Gasteiger partial charge on any atom is -0.384 e. The molecule has 0 bridgehead atoms. The van der Waals surface area contributed by atoms with Gasteiger partial charge in [0.25, 0.3) is 0 Å². The van der Waals surface area contributed by atoms with Crippen molar-refractivity contribution in [3.63, 3.8) is 0 Å². The second kappa shape index (κ2) is 3.88. The molecule has 0 amide bonds. The zero-order valence-electron chi connectivity index (χ0n) is 9.65. The van der Waals surface area contributed by atoms with E-state index in [-0.39, 0.29) is 0 Å². The van der Waals surface area contributed by atoms with Gasteiger partial charge >= 0.3 is 0 Å². The molecule has 0 atom stereocenters. The lowest BCUT2D eigenvalue weighted by molar-refractivity contribution is 0.844. The second-order valence-electron chi connectivity index (χ2n) is 4.61. The number of nitrogens with zero attached hydrogens (tertiary/aromatic N) is 2. The van der Waals surface area contributed by atoms with Crippen LogP contribution in [0.3, 0.4) is 0 Å². The average Bonchev–Trinajstić information content (AvgIpc) is 3.07. The fraction of sp³-hybridized carbons (Fsp3) is 0.308. The molecule has 88 valence electrons. The van der Waals surface area contributed by atoms with Crippen LogP contribution >= 0.6 is 15.9 Å². The van der Waals surface area contributed by atoms with Gasteiger partial charge < -0.3 is 5.73 Å². The minimum absolute atomic E-state index is 0.632. The van der Waals surface area contributed by atoms with Crippen molar-refractivity contribution in [2.45, 2.75) is 25.7 Å². The molecule has 0 aliphatic heterocycles. The summed E-state index contributed by atoms with van der Waals surface area (Å²) in [5, 5.41) is 4.58. The number of hydrogen-bond acceptors (Lipinski definition) is 2. The van der Waals surface area contributed by atoms with Crippen LogP contribution in [0.5, 0.6) is 0 Å². The highest BCUT2D eigenvalue weighted by Crippen LogP contribution is 2.40. The molecule has 1 aliphatic carbocycles. The third kappa shape index (κ3) is 1.97. The van der Waals surface area contributed by atoms with E-state index in [4.69, 9.17) is 5.73 Å². The number of nitrogen functional groups attached to an aromatic ring is 1. The van der Waals surface area contributed by atoms with Gasteiger partial charge in [0.2, 0.25) is 0 Å². The second-order valence-corrected chi connectivity index (χ2v) is 5.47. The average molecular weight is 292 g/mol. The summed E-state index contributed by atoms with van der Waals surface area (Å²) in [6, 6.07) is 8.15. The van der Waals surface area contributed by atoms with Crippen LogP contribution in [0.15, 0.2) is 28.7 Å². The molecular formula is C13H14BrN3. The van der Waals surface area contributed by atoms with Gasteiger partial charge in [-0.2, -0.15) is 5.10 Å². The van der Waals surface area contributed by atoms with Gasteiger partial charge in [0.05, 0.1) is 11.4 Å². The smallest absolute Gasteiger partial charge is 0.127 e. The van der Waals surface area contributed by atoms with Gasteiger partial charge in [0, 0.05) is 16.5 Å². The highest BCUT2D eigenvalue weighted by atomic mass is 79.9. The lowest BCUT2D eigenvalue weighted by Gasteiger charge is -2.06. The summed E-state index contributed by atoms with van der Waals surface area (Å²) in [6.07, 6.45) is 2.49. The molecule has 1 aliphatic rings. The predicted molar refractivity (Wildman–Crippen MR) is 72.4 cm³/mol. The first-order valence-corrected chi connectivity index (χ1v) is 6.56. The molecular weight excluding hydrogens is 278 g/mol. The molecule has 0 spiro atoms. The van der Waals surface area contributed by atoms with E-state index in [0.717, 1.165) is 15.9 Å². The molecule has 1 aromatic carbocycles. The Balaban J connectivity index is 2.04. The summed E-state index contributed by atoms with van der Waals surface area (Å²) in [5.74, 6) is 1.34.